The van der Waals surface area contributed by atoms with E-state index in [1.165, 1.54) is 0 Å². The molecule has 0 radical (unpaired) electrons. The highest BCUT2D eigenvalue weighted by Gasteiger charge is 2.14. The van der Waals surface area contributed by atoms with Crippen LogP contribution >= 0.6 is 0 Å². The van der Waals surface area contributed by atoms with Gasteiger partial charge in [0.25, 0.3) is 11.8 Å². The second-order valence-corrected chi connectivity index (χ2v) is 7.87. The molecule has 0 saturated carbocycles. The van der Waals surface area contributed by atoms with Crippen molar-refractivity contribution in [3.63, 3.8) is 0 Å². The second-order valence-electron chi connectivity index (χ2n) is 7.87. The largest absolute Gasteiger partial charge is 0.378 e. The molecule has 2 N–H and O–H groups in total. The smallest absolute Gasteiger partial charge is 0.287 e. The number of carbonyl (C=O) groups excluding carboxylic acids is 2. The number of hydrogen-bond donors (Lipinski definition) is 2. The number of carbonyl (C=O) groups is 2. The van der Waals surface area contributed by atoms with Crippen LogP contribution in [0.15, 0.2) is 89.7 Å². The summed E-state index contributed by atoms with van der Waals surface area (Å²) in [5.74, 6) is -0.886. The van der Waals surface area contributed by atoms with Crippen molar-refractivity contribution < 1.29 is 9.59 Å². The van der Waals surface area contributed by atoms with Gasteiger partial charge in [0.2, 0.25) is 0 Å². The monoisotopic (exact) mass is 440 g/mol. The van der Waals surface area contributed by atoms with Crippen LogP contribution in [0.4, 0.5) is 5.69 Å². The number of benzene rings is 3. The molecular weight excluding hydrogens is 412 g/mol. The first kappa shape index (κ1) is 23.5. The molecule has 0 atom stereocenters. The molecule has 0 aliphatic carbocycles. The van der Waals surface area contributed by atoms with Crippen LogP contribution < -0.4 is 15.6 Å². The third-order valence-corrected chi connectivity index (χ3v) is 5.04. The van der Waals surface area contributed by atoms with Gasteiger partial charge in [0, 0.05) is 25.3 Å². The number of amides is 2. The highest BCUT2D eigenvalue weighted by atomic mass is 16.2. The topological polar surface area (TPSA) is 73.8 Å². The van der Waals surface area contributed by atoms with Gasteiger partial charge in [-0.25, -0.2) is 5.43 Å². The number of nitrogens with one attached hydrogen (secondary N) is 2. The average Bonchev–Trinajstić information content (AvgIpc) is 2.83. The molecule has 2 amide bonds. The van der Waals surface area contributed by atoms with Gasteiger partial charge in [-0.15, -0.1) is 0 Å². The second kappa shape index (κ2) is 10.9. The molecule has 0 heterocycles. The Hall–Kier alpha value is -4.19. The normalized spacial score (nSPS) is 11.6. The molecular formula is C27H28N4O2. The van der Waals surface area contributed by atoms with Gasteiger partial charge in [0.05, 0.1) is 5.71 Å². The molecule has 0 saturated heterocycles. The number of nitrogens with zero attached hydrogens (tertiary/aromatic N) is 2. The third-order valence-electron chi connectivity index (χ3n) is 5.04. The Morgan fingerprint density at radius 1 is 0.848 bits per heavy atom. The van der Waals surface area contributed by atoms with Crippen LogP contribution in [0.2, 0.25) is 0 Å². The maximum absolute atomic E-state index is 13.0. The highest BCUT2D eigenvalue weighted by Crippen LogP contribution is 2.15. The molecule has 0 aromatic heterocycles. The molecule has 6 heteroatoms. The fraction of sp³-hybridized carbons (Fsp3) is 0.148. The maximum atomic E-state index is 13.0. The van der Waals surface area contributed by atoms with E-state index < -0.39 is 5.91 Å². The minimum Gasteiger partial charge on any atom is -0.378 e. The van der Waals surface area contributed by atoms with Gasteiger partial charge in [0.15, 0.2) is 0 Å². The van der Waals surface area contributed by atoms with E-state index in [2.05, 4.69) is 15.8 Å². The quantitative estimate of drug-likeness (QED) is 0.325. The van der Waals surface area contributed by atoms with Crippen LogP contribution in [-0.2, 0) is 4.79 Å². The first-order valence-corrected chi connectivity index (χ1v) is 10.6. The first-order chi connectivity index (χ1) is 15.8. The van der Waals surface area contributed by atoms with Crippen molar-refractivity contribution in [1.29, 1.82) is 0 Å². The summed E-state index contributed by atoms with van der Waals surface area (Å²) in [4.78, 5) is 27.7. The van der Waals surface area contributed by atoms with Crippen molar-refractivity contribution in [3.05, 3.63) is 107 Å². The Balaban J connectivity index is 1.84. The number of hydrazone groups is 1. The minimum atomic E-state index is -0.512. The van der Waals surface area contributed by atoms with Crippen molar-refractivity contribution >= 4 is 29.3 Å². The van der Waals surface area contributed by atoms with Crippen molar-refractivity contribution in [2.45, 2.75) is 13.8 Å². The lowest BCUT2D eigenvalue weighted by atomic mass is 10.1. The molecule has 0 spiro atoms. The number of hydrogen-bond acceptors (Lipinski definition) is 4. The Morgan fingerprint density at radius 3 is 2.09 bits per heavy atom. The van der Waals surface area contributed by atoms with E-state index in [0.717, 1.165) is 22.4 Å². The summed E-state index contributed by atoms with van der Waals surface area (Å²) in [6, 6.07) is 24.3. The zero-order valence-corrected chi connectivity index (χ0v) is 19.3. The van der Waals surface area contributed by atoms with Crippen molar-refractivity contribution in [2.75, 3.05) is 19.0 Å². The van der Waals surface area contributed by atoms with Crippen LogP contribution in [0, 0.1) is 6.92 Å². The van der Waals surface area contributed by atoms with Crippen LogP contribution in [0.5, 0.6) is 0 Å². The molecule has 0 aliphatic rings. The lowest BCUT2D eigenvalue weighted by Crippen LogP contribution is -2.33. The summed E-state index contributed by atoms with van der Waals surface area (Å²) in [5, 5.41) is 6.94. The van der Waals surface area contributed by atoms with E-state index in [0.29, 0.717) is 11.3 Å². The summed E-state index contributed by atoms with van der Waals surface area (Å²) >= 11 is 0. The van der Waals surface area contributed by atoms with E-state index in [9.17, 15) is 9.59 Å². The number of aryl methyl sites for hydroxylation is 1. The Morgan fingerprint density at radius 2 is 1.48 bits per heavy atom. The predicted molar refractivity (Wildman–Crippen MR) is 134 cm³/mol. The Kier molecular flexibility index (Phi) is 7.76. The summed E-state index contributed by atoms with van der Waals surface area (Å²) in [5.41, 5.74) is 7.63. The zero-order valence-electron chi connectivity index (χ0n) is 19.3. The average molecular weight is 441 g/mol. The fourth-order valence-electron chi connectivity index (χ4n) is 3.03. The van der Waals surface area contributed by atoms with Gasteiger partial charge in [-0.05, 0) is 55.3 Å². The molecule has 3 rings (SSSR count). The van der Waals surface area contributed by atoms with Crippen LogP contribution in [-0.4, -0.2) is 31.6 Å². The van der Waals surface area contributed by atoms with Crippen molar-refractivity contribution in [3.8, 4) is 0 Å². The number of anilines is 1. The van der Waals surface area contributed by atoms with Gasteiger partial charge in [0.1, 0.15) is 5.70 Å². The van der Waals surface area contributed by atoms with Crippen LogP contribution in [0.25, 0.3) is 6.08 Å². The van der Waals surface area contributed by atoms with Crippen molar-refractivity contribution in [2.24, 2.45) is 5.10 Å². The lowest BCUT2D eigenvalue weighted by Gasteiger charge is -2.13. The highest BCUT2D eigenvalue weighted by molar-refractivity contribution is 6.06. The molecule has 3 aromatic carbocycles. The van der Waals surface area contributed by atoms with E-state index in [1.54, 1.807) is 30.3 Å². The minimum absolute atomic E-state index is 0.0990. The summed E-state index contributed by atoms with van der Waals surface area (Å²) in [6.07, 6.45) is 1.63. The summed E-state index contributed by atoms with van der Waals surface area (Å²) in [7, 11) is 3.91. The van der Waals surface area contributed by atoms with Gasteiger partial charge in [-0.2, -0.15) is 5.10 Å². The summed E-state index contributed by atoms with van der Waals surface area (Å²) < 4.78 is 0. The van der Waals surface area contributed by atoms with Crippen LogP contribution in [0.1, 0.15) is 34.0 Å². The maximum Gasteiger partial charge on any atom is 0.287 e. The Bertz CT molecular complexity index is 1160. The van der Waals surface area contributed by atoms with E-state index in [1.807, 2.05) is 87.4 Å². The fourth-order valence-corrected chi connectivity index (χ4v) is 3.03. The van der Waals surface area contributed by atoms with Crippen molar-refractivity contribution in [1.82, 2.24) is 10.7 Å². The van der Waals surface area contributed by atoms with Gasteiger partial charge < -0.3 is 10.2 Å². The number of rotatable bonds is 7. The molecule has 0 fully saturated rings. The standard InChI is InChI=1S/C27H28N4O2/c1-19-10-14-22(15-11-19)20(2)29-30-27(33)25(28-26(32)23-8-6-5-7-9-23)18-21-12-16-24(17-13-21)31(3)4/h5-18H,1-4H3,(H,28,32)(H,30,33)/b25-18-,29-20+. The molecule has 168 valence electrons. The van der Waals surface area contributed by atoms with E-state index in [-0.39, 0.29) is 11.6 Å². The molecule has 6 nitrogen and oxygen atoms in total. The SMILES string of the molecule is C/C(=N\NC(=O)/C(=C/c1ccc(N(C)C)cc1)NC(=O)c1ccccc1)c1ccc(C)cc1. The predicted octanol–water partition coefficient (Wildman–Crippen LogP) is 4.37. The van der Waals surface area contributed by atoms with Gasteiger partial charge in [-0.3, -0.25) is 9.59 Å². The van der Waals surface area contributed by atoms with Gasteiger partial charge in [-0.1, -0.05) is 60.2 Å². The zero-order chi connectivity index (χ0) is 23.8. The first-order valence-electron chi connectivity index (χ1n) is 10.6. The molecule has 0 bridgehead atoms. The molecule has 3 aromatic rings. The molecule has 0 aliphatic heterocycles. The third kappa shape index (κ3) is 6.64. The molecule has 33 heavy (non-hydrogen) atoms. The lowest BCUT2D eigenvalue weighted by molar-refractivity contribution is -0.117. The van der Waals surface area contributed by atoms with E-state index in [4.69, 9.17) is 0 Å². The van der Waals surface area contributed by atoms with Gasteiger partial charge >= 0.3 is 0 Å². The Labute approximate surface area is 194 Å². The summed E-state index contributed by atoms with van der Waals surface area (Å²) in [6.45, 7) is 3.83. The molecule has 0 unspecified atom stereocenters. The van der Waals surface area contributed by atoms with E-state index >= 15 is 0 Å². The van der Waals surface area contributed by atoms with Crippen LogP contribution in [0.3, 0.4) is 0 Å².